The molecule has 0 aliphatic carbocycles. The predicted molar refractivity (Wildman–Crippen MR) is 73.5 cm³/mol. The molecule has 1 aromatic carbocycles. The van der Waals surface area contributed by atoms with Gasteiger partial charge in [-0.2, -0.15) is 0 Å². The van der Waals surface area contributed by atoms with Crippen molar-refractivity contribution in [1.82, 2.24) is 5.32 Å². The number of anilines is 1. The van der Waals surface area contributed by atoms with Gasteiger partial charge in [-0.25, -0.2) is 0 Å². The molecule has 0 radical (unpaired) electrons. The third-order valence-corrected chi connectivity index (χ3v) is 3.95. The third kappa shape index (κ3) is 2.41. The smallest absolute Gasteiger partial charge is 0.250 e. The highest BCUT2D eigenvalue weighted by Crippen LogP contribution is 2.24. The van der Waals surface area contributed by atoms with Crippen LogP contribution in [0.1, 0.15) is 18.9 Å². The number of amides is 2. The Morgan fingerprint density at radius 2 is 2.17 bits per heavy atom. The molecule has 1 unspecified atom stereocenters. The molecule has 0 aromatic heterocycles. The van der Waals surface area contributed by atoms with Gasteiger partial charge in [0.2, 0.25) is 11.8 Å². The molecule has 1 aliphatic heterocycles. The van der Waals surface area contributed by atoms with Gasteiger partial charge in [-0.3, -0.25) is 9.59 Å². The number of hydrogen-bond donors (Lipinski definition) is 1. The van der Waals surface area contributed by atoms with Crippen LogP contribution in [0.4, 0.5) is 5.69 Å². The second kappa shape index (κ2) is 5.10. The van der Waals surface area contributed by atoms with E-state index < -0.39 is 6.04 Å². The minimum Gasteiger partial charge on any atom is -0.343 e. The molecule has 18 heavy (non-hydrogen) atoms. The molecule has 0 bridgehead atoms. The summed E-state index contributed by atoms with van der Waals surface area (Å²) in [4.78, 5) is 25.3. The van der Waals surface area contributed by atoms with Crippen LogP contribution in [0.15, 0.2) is 22.7 Å². The zero-order valence-corrected chi connectivity index (χ0v) is 12.0. The van der Waals surface area contributed by atoms with Gasteiger partial charge in [0.05, 0.1) is 0 Å². The number of halogens is 1. The second-order valence-corrected chi connectivity index (χ2v) is 5.24. The molecule has 0 spiro atoms. The molecule has 1 fully saturated rings. The maximum Gasteiger partial charge on any atom is 0.250 e. The lowest BCUT2D eigenvalue weighted by Crippen LogP contribution is -2.58. The summed E-state index contributed by atoms with van der Waals surface area (Å²) in [6, 6.07) is 5.24. The fraction of sp³-hybridized carbons (Fsp3) is 0.385. The van der Waals surface area contributed by atoms with Gasteiger partial charge in [-0.1, -0.05) is 22.9 Å². The third-order valence-electron chi connectivity index (χ3n) is 3.06. The van der Waals surface area contributed by atoms with Crippen molar-refractivity contribution in [3.63, 3.8) is 0 Å². The Hall–Kier alpha value is -1.36. The number of aryl methyl sites for hydroxylation is 1. The van der Waals surface area contributed by atoms with E-state index in [4.69, 9.17) is 0 Å². The van der Waals surface area contributed by atoms with E-state index in [1.165, 1.54) is 0 Å². The zero-order chi connectivity index (χ0) is 13.3. The standard InChI is InChI=1S/C13H15BrN2O2/c1-3-11-13(18)16(7-12(17)15-11)9-4-5-10(14)8(2)6-9/h4-6,11H,3,7H2,1-2H3,(H,15,17). The summed E-state index contributed by atoms with van der Waals surface area (Å²) >= 11 is 3.42. The monoisotopic (exact) mass is 310 g/mol. The van der Waals surface area contributed by atoms with Crippen molar-refractivity contribution in [2.45, 2.75) is 26.3 Å². The van der Waals surface area contributed by atoms with E-state index in [1.54, 1.807) is 4.90 Å². The Morgan fingerprint density at radius 1 is 1.44 bits per heavy atom. The Morgan fingerprint density at radius 3 is 2.78 bits per heavy atom. The lowest BCUT2D eigenvalue weighted by atomic mass is 10.1. The second-order valence-electron chi connectivity index (χ2n) is 4.39. The van der Waals surface area contributed by atoms with Gasteiger partial charge >= 0.3 is 0 Å². The van der Waals surface area contributed by atoms with Crippen LogP contribution in [0.3, 0.4) is 0 Å². The van der Waals surface area contributed by atoms with Gasteiger partial charge in [0.15, 0.2) is 0 Å². The SMILES string of the molecule is CCC1NC(=O)CN(c2ccc(Br)c(C)c2)C1=O. The van der Waals surface area contributed by atoms with Crippen molar-refractivity contribution in [2.24, 2.45) is 0 Å². The number of nitrogens with one attached hydrogen (secondary N) is 1. The summed E-state index contributed by atoms with van der Waals surface area (Å²) in [7, 11) is 0. The number of benzene rings is 1. The normalized spacial score (nSPS) is 19.9. The van der Waals surface area contributed by atoms with Crippen LogP contribution in [-0.2, 0) is 9.59 Å². The Balaban J connectivity index is 2.33. The van der Waals surface area contributed by atoms with Crippen molar-refractivity contribution in [3.8, 4) is 0 Å². The number of carbonyl (C=O) groups is 2. The van der Waals surface area contributed by atoms with Crippen molar-refractivity contribution in [1.29, 1.82) is 0 Å². The molecule has 1 N–H and O–H groups in total. The first-order chi connectivity index (χ1) is 8.52. The molecule has 1 saturated heterocycles. The summed E-state index contributed by atoms with van der Waals surface area (Å²) in [5.41, 5.74) is 1.81. The first-order valence-electron chi connectivity index (χ1n) is 5.89. The summed E-state index contributed by atoms with van der Waals surface area (Å²) < 4.78 is 0.993. The number of nitrogens with zero attached hydrogens (tertiary/aromatic N) is 1. The molecule has 2 amide bonds. The lowest BCUT2D eigenvalue weighted by molar-refractivity contribution is -0.131. The molecule has 5 heteroatoms. The first-order valence-corrected chi connectivity index (χ1v) is 6.69. The maximum absolute atomic E-state index is 12.2. The van der Waals surface area contributed by atoms with E-state index in [2.05, 4.69) is 21.2 Å². The van der Waals surface area contributed by atoms with Gasteiger partial charge in [0.1, 0.15) is 12.6 Å². The molecule has 1 atom stereocenters. The molecular weight excluding hydrogens is 296 g/mol. The zero-order valence-electron chi connectivity index (χ0n) is 10.4. The number of carbonyl (C=O) groups excluding carboxylic acids is 2. The van der Waals surface area contributed by atoms with Crippen molar-refractivity contribution in [2.75, 3.05) is 11.4 Å². The fourth-order valence-corrected chi connectivity index (χ4v) is 2.25. The number of piperazine rings is 1. The Labute approximate surface area is 114 Å². The van der Waals surface area contributed by atoms with E-state index in [1.807, 2.05) is 32.0 Å². The molecule has 0 saturated carbocycles. The first kappa shape index (κ1) is 13.1. The van der Waals surface area contributed by atoms with Gasteiger partial charge < -0.3 is 10.2 Å². The maximum atomic E-state index is 12.2. The lowest BCUT2D eigenvalue weighted by Gasteiger charge is -2.32. The van der Waals surface area contributed by atoms with Crippen molar-refractivity contribution in [3.05, 3.63) is 28.2 Å². The van der Waals surface area contributed by atoms with E-state index in [-0.39, 0.29) is 18.4 Å². The molecule has 96 valence electrons. The van der Waals surface area contributed by atoms with Gasteiger partial charge in [-0.15, -0.1) is 0 Å². The average molecular weight is 311 g/mol. The highest BCUT2D eigenvalue weighted by atomic mass is 79.9. The Bertz CT molecular complexity index is 502. The minimum atomic E-state index is -0.407. The van der Waals surface area contributed by atoms with Crippen LogP contribution in [0.5, 0.6) is 0 Å². The van der Waals surface area contributed by atoms with Crippen LogP contribution in [0.2, 0.25) is 0 Å². The van der Waals surface area contributed by atoms with Crippen LogP contribution in [0.25, 0.3) is 0 Å². The van der Waals surface area contributed by atoms with Crippen molar-refractivity contribution >= 4 is 33.4 Å². The molecule has 1 aromatic rings. The van der Waals surface area contributed by atoms with E-state index in [9.17, 15) is 9.59 Å². The Kier molecular flexibility index (Phi) is 3.71. The fourth-order valence-electron chi connectivity index (χ4n) is 2.00. The van der Waals surface area contributed by atoms with Gasteiger partial charge in [0.25, 0.3) is 0 Å². The predicted octanol–water partition coefficient (Wildman–Crippen LogP) is 2.00. The highest BCUT2D eigenvalue weighted by molar-refractivity contribution is 9.10. The minimum absolute atomic E-state index is 0.0428. The van der Waals surface area contributed by atoms with E-state index in [0.29, 0.717) is 6.42 Å². The molecule has 1 aliphatic rings. The number of hydrogen-bond acceptors (Lipinski definition) is 2. The highest BCUT2D eigenvalue weighted by Gasteiger charge is 2.32. The molecular formula is C13H15BrN2O2. The van der Waals surface area contributed by atoms with Gasteiger partial charge in [-0.05, 0) is 37.1 Å². The van der Waals surface area contributed by atoms with E-state index in [0.717, 1.165) is 15.7 Å². The van der Waals surface area contributed by atoms with Crippen LogP contribution >= 0.6 is 15.9 Å². The van der Waals surface area contributed by atoms with Crippen molar-refractivity contribution < 1.29 is 9.59 Å². The van der Waals surface area contributed by atoms with Gasteiger partial charge in [0, 0.05) is 10.2 Å². The van der Waals surface area contributed by atoms with Crippen LogP contribution in [-0.4, -0.2) is 24.4 Å². The molecule has 1 heterocycles. The topological polar surface area (TPSA) is 49.4 Å². The molecule has 4 nitrogen and oxygen atoms in total. The quantitative estimate of drug-likeness (QED) is 0.908. The van der Waals surface area contributed by atoms with Crippen LogP contribution < -0.4 is 10.2 Å². The summed E-state index contributed by atoms with van der Waals surface area (Å²) in [5, 5.41) is 2.70. The largest absolute Gasteiger partial charge is 0.343 e. The summed E-state index contributed by atoms with van der Waals surface area (Å²) in [6.45, 7) is 3.94. The summed E-state index contributed by atoms with van der Waals surface area (Å²) in [6.07, 6.45) is 0.608. The summed E-state index contributed by atoms with van der Waals surface area (Å²) in [5.74, 6) is -0.152. The van der Waals surface area contributed by atoms with Crippen LogP contribution in [0, 0.1) is 6.92 Å². The molecule has 2 rings (SSSR count). The average Bonchev–Trinajstić information content (AvgIpc) is 2.35. The number of rotatable bonds is 2. The van der Waals surface area contributed by atoms with E-state index >= 15 is 0 Å².